The second-order valence-corrected chi connectivity index (χ2v) is 5.74. The topological polar surface area (TPSA) is 81.1 Å². The molecule has 0 fully saturated rings. The maximum absolute atomic E-state index is 12.0. The number of hydrogen-bond acceptors (Lipinski definition) is 5. The molecule has 2 N–H and O–H groups in total. The van der Waals surface area contributed by atoms with Crippen LogP contribution in [-0.4, -0.2) is 34.5 Å². The number of ether oxygens (including phenoxy) is 1. The van der Waals surface area contributed by atoms with Crippen LogP contribution in [0.2, 0.25) is 0 Å². The number of carbonyl (C=O) groups is 1. The van der Waals surface area contributed by atoms with Crippen LogP contribution in [0.5, 0.6) is 5.75 Å². The van der Waals surface area contributed by atoms with Crippen molar-refractivity contribution in [3.05, 3.63) is 53.8 Å². The molecule has 0 aliphatic rings. The molecule has 124 valence electrons. The van der Waals surface area contributed by atoms with Gasteiger partial charge in [-0.25, -0.2) is 14.5 Å². The Hall–Kier alpha value is -2.87. The fourth-order valence-electron chi connectivity index (χ4n) is 2.12. The second-order valence-electron chi connectivity index (χ2n) is 4.90. The van der Waals surface area contributed by atoms with Gasteiger partial charge in [-0.2, -0.15) is 5.10 Å². The smallest absolute Gasteiger partial charge is 0.319 e. The number of hydrogen-bond donors (Lipinski definition) is 2. The summed E-state index contributed by atoms with van der Waals surface area (Å²) in [4.78, 5) is 16.4. The Morgan fingerprint density at radius 2 is 2.21 bits per heavy atom. The Bertz CT molecular complexity index is 800. The summed E-state index contributed by atoms with van der Waals surface area (Å²) < 4.78 is 6.92. The minimum absolute atomic E-state index is 0.276. The van der Waals surface area contributed by atoms with Crippen LogP contribution in [0.15, 0.2) is 48.1 Å². The van der Waals surface area contributed by atoms with Crippen LogP contribution in [0.4, 0.5) is 10.5 Å². The predicted molar refractivity (Wildman–Crippen MR) is 93.0 cm³/mol. The number of carbonyl (C=O) groups excluding carboxylic acids is 1. The van der Waals surface area contributed by atoms with Crippen LogP contribution in [-0.2, 0) is 6.42 Å². The van der Waals surface area contributed by atoms with Crippen molar-refractivity contribution in [2.45, 2.75) is 6.42 Å². The molecule has 0 saturated heterocycles. The number of urea groups is 1. The van der Waals surface area contributed by atoms with Gasteiger partial charge >= 0.3 is 6.03 Å². The second kappa shape index (κ2) is 7.60. The van der Waals surface area contributed by atoms with E-state index < -0.39 is 0 Å². The van der Waals surface area contributed by atoms with E-state index in [0.29, 0.717) is 24.4 Å². The molecule has 0 aliphatic carbocycles. The number of nitrogens with one attached hydrogen (secondary N) is 2. The van der Waals surface area contributed by atoms with E-state index in [2.05, 4.69) is 20.7 Å². The molecule has 0 saturated carbocycles. The van der Waals surface area contributed by atoms with Crippen LogP contribution in [0.3, 0.4) is 0 Å². The standard InChI is InChI=1S/C16H17N5O2S/c1-23-14-6-3-2-5-13(14)20-15(22)17-9-7-12-11-24-16(19-12)21-10-4-8-18-21/h2-6,8,10-11H,7,9H2,1H3,(H2,17,20,22). The van der Waals surface area contributed by atoms with E-state index >= 15 is 0 Å². The molecule has 0 aliphatic heterocycles. The van der Waals surface area contributed by atoms with Crippen molar-refractivity contribution in [2.24, 2.45) is 0 Å². The van der Waals surface area contributed by atoms with Gasteiger partial charge in [-0.1, -0.05) is 12.1 Å². The van der Waals surface area contributed by atoms with E-state index in [-0.39, 0.29) is 6.03 Å². The van der Waals surface area contributed by atoms with Crippen LogP contribution in [0.1, 0.15) is 5.69 Å². The molecule has 3 aromatic rings. The number of nitrogens with zero attached hydrogens (tertiary/aromatic N) is 3. The van der Waals surface area contributed by atoms with E-state index in [4.69, 9.17) is 4.74 Å². The summed E-state index contributed by atoms with van der Waals surface area (Å²) >= 11 is 1.52. The molecule has 2 amide bonds. The zero-order valence-electron chi connectivity index (χ0n) is 13.1. The third-order valence-corrected chi connectivity index (χ3v) is 4.14. The Labute approximate surface area is 143 Å². The van der Waals surface area contributed by atoms with Crippen molar-refractivity contribution >= 4 is 23.1 Å². The Morgan fingerprint density at radius 1 is 1.33 bits per heavy atom. The number of para-hydroxylation sites is 2. The van der Waals surface area contributed by atoms with Crippen LogP contribution >= 0.6 is 11.3 Å². The number of thiazole rings is 1. The maximum atomic E-state index is 12.0. The van der Waals surface area contributed by atoms with Crippen molar-refractivity contribution < 1.29 is 9.53 Å². The molecule has 24 heavy (non-hydrogen) atoms. The number of rotatable bonds is 6. The number of aromatic nitrogens is 3. The van der Waals surface area contributed by atoms with Gasteiger partial charge in [-0.05, 0) is 18.2 Å². The minimum atomic E-state index is -0.276. The fraction of sp³-hybridized carbons (Fsp3) is 0.188. The van der Waals surface area contributed by atoms with E-state index in [9.17, 15) is 4.79 Å². The molecule has 1 aromatic carbocycles. The normalized spacial score (nSPS) is 10.4. The average Bonchev–Trinajstić information content (AvgIpc) is 3.26. The van der Waals surface area contributed by atoms with Gasteiger partial charge in [-0.3, -0.25) is 0 Å². The molecule has 7 nitrogen and oxygen atoms in total. The summed E-state index contributed by atoms with van der Waals surface area (Å²) in [6, 6.07) is 8.84. The quantitative estimate of drug-likeness (QED) is 0.721. The molecule has 0 atom stereocenters. The Kier molecular flexibility index (Phi) is 5.07. The lowest BCUT2D eigenvalue weighted by Crippen LogP contribution is -2.30. The van der Waals surface area contributed by atoms with Crippen molar-refractivity contribution in [3.8, 4) is 10.9 Å². The van der Waals surface area contributed by atoms with Gasteiger partial charge in [0.15, 0.2) is 0 Å². The van der Waals surface area contributed by atoms with Crippen molar-refractivity contribution in [1.82, 2.24) is 20.1 Å². The molecule has 0 unspecified atom stereocenters. The van der Waals surface area contributed by atoms with Gasteiger partial charge in [0.05, 0.1) is 18.5 Å². The molecule has 2 aromatic heterocycles. The van der Waals surface area contributed by atoms with Gasteiger partial charge in [-0.15, -0.1) is 11.3 Å². The number of benzene rings is 1. The third kappa shape index (κ3) is 3.90. The Morgan fingerprint density at radius 3 is 3.00 bits per heavy atom. The molecule has 0 radical (unpaired) electrons. The highest BCUT2D eigenvalue weighted by Crippen LogP contribution is 2.22. The van der Waals surface area contributed by atoms with E-state index in [1.54, 1.807) is 30.1 Å². The lowest BCUT2D eigenvalue weighted by atomic mass is 10.3. The summed E-state index contributed by atoms with van der Waals surface area (Å²) in [5, 5.41) is 12.5. The highest BCUT2D eigenvalue weighted by molar-refractivity contribution is 7.12. The molecular formula is C16H17N5O2S. The van der Waals surface area contributed by atoms with E-state index in [1.807, 2.05) is 29.8 Å². The zero-order valence-corrected chi connectivity index (χ0v) is 13.9. The minimum Gasteiger partial charge on any atom is -0.495 e. The summed E-state index contributed by atoms with van der Waals surface area (Å²) in [5.74, 6) is 0.621. The van der Waals surface area contributed by atoms with Gasteiger partial charge < -0.3 is 15.4 Å². The first-order valence-corrected chi connectivity index (χ1v) is 8.26. The summed E-state index contributed by atoms with van der Waals surface area (Å²) in [6.45, 7) is 0.489. The van der Waals surface area contributed by atoms with Crippen LogP contribution in [0, 0.1) is 0 Å². The summed E-state index contributed by atoms with van der Waals surface area (Å²) in [7, 11) is 1.57. The fourth-order valence-corrected chi connectivity index (χ4v) is 2.91. The van der Waals surface area contributed by atoms with Gasteiger partial charge in [0.2, 0.25) is 5.13 Å². The maximum Gasteiger partial charge on any atom is 0.319 e. The highest BCUT2D eigenvalue weighted by atomic mass is 32.1. The van der Waals surface area contributed by atoms with Crippen molar-refractivity contribution in [2.75, 3.05) is 19.0 Å². The number of methoxy groups -OCH3 is 1. The van der Waals surface area contributed by atoms with Gasteiger partial charge in [0.1, 0.15) is 5.75 Å². The van der Waals surface area contributed by atoms with Crippen molar-refractivity contribution in [1.29, 1.82) is 0 Å². The third-order valence-electron chi connectivity index (χ3n) is 3.26. The first-order valence-electron chi connectivity index (χ1n) is 7.38. The highest BCUT2D eigenvalue weighted by Gasteiger charge is 2.07. The SMILES string of the molecule is COc1ccccc1NC(=O)NCCc1csc(-n2cccn2)n1. The predicted octanol–water partition coefficient (Wildman–Crippen LogP) is 2.70. The molecule has 8 heteroatoms. The molecule has 2 heterocycles. The summed E-state index contributed by atoms with van der Waals surface area (Å²) in [6.07, 6.45) is 4.21. The van der Waals surface area contributed by atoms with Gasteiger partial charge in [0.25, 0.3) is 0 Å². The first kappa shape index (κ1) is 16.0. The zero-order chi connectivity index (χ0) is 16.8. The van der Waals surface area contributed by atoms with Crippen molar-refractivity contribution in [3.63, 3.8) is 0 Å². The van der Waals surface area contributed by atoms with E-state index in [0.717, 1.165) is 10.8 Å². The van der Waals surface area contributed by atoms with Crippen LogP contribution in [0.25, 0.3) is 5.13 Å². The number of amides is 2. The van der Waals surface area contributed by atoms with Crippen LogP contribution < -0.4 is 15.4 Å². The monoisotopic (exact) mass is 343 g/mol. The lowest BCUT2D eigenvalue weighted by Gasteiger charge is -2.10. The first-order chi connectivity index (χ1) is 11.8. The van der Waals surface area contributed by atoms with Gasteiger partial charge in [0, 0.05) is 30.7 Å². The molecular weight excluding hydrogens is 326 g/mol. The average molecular weight is 343 g/mol. The summed E-state index contributed by atoms with van der Waals surface area (Å²) in [5.41, 5.74) is 1.55. The lowest BCUT2D eigenvalue weighted by molar-refractivity contribution is 0.252. The molecule has 0 spiro atoms. The Balaban J connectivity index is 1.49. The number of anilines is 1. The largest absolute Gasteiger partial charge is 0.495 e. The molecule has 3 rings (SSSR count). The molecule has 0 bridgehead atoms. The van der Waals surface area contributed by atoms with E-state index in [1.165, 1.54) is 11.3 Å².